The number of benzene rings is 1. The van der Waals surface area contributed by atoms with Gasteiger partial charge in [0.1, 0.15) is 5.69 Å². The Hall–Kier alpha value is -1.72. The van der Waals surface area contributed by atoms with Crippen molar-refractivity contribution in [2.45, 2.75) is 13.5 Å². The Morgan fingerprint density at radius 1 is 1.22 bits per heavy atom. The number of aromatic nitrogens is 1. The van der Waals surface area contributed by atoms with E-state index in [9.17, 15) is 4.79 Å². The van der Waals surface area contributed by atoms with Crippen molar-refractivity contribution in [3.8, 4) is 0 Å². The maximum absolute atomic E-state index is 12.4. The number of nitrogens with zero attached hydrogens (tertiary/aromatic N) is 3. The van der Waals surface area contributed by atoms with Gasteiger partial charge in [-0.25, -0.2) is 4.98 Å². The fourth-order valence-corrected chi connectivity index (χ4v) is 4.42. The smallest absolute Gasteiger partial charge is 0.273 e. The zero-order chi connectivity index (χ0) is 15.8. The second-order valence-electron chi connectivity index (χ2n) is 6.72. The Bertz CT molecular complexity index is 686. The first-order valence-electron chi connectivity index (χ1n) is 8.15. The summed E-state index contributed by atoms with van der Waals surface area (Å²) >= 11 is 1.48. The van der Waals surface area contributed by atoms with Gasteiger partial charge in [0, 0.05) is 38.1 Å². The van der Waals surface area contributed by atoms with Gasteiger partial charge in [-0.2, -0.15) is 0 Å². The third kappa shape index (κ3) is 2.91. The third-order valence-electron chi connectivity index (χ3n) is 5.16. The lowest BCUT2D eigenvalue weighted by Gasteiger charge is -2.21. The maximum Gasteiger partial charge on any atom is 0.273 e. The molecule has 5 heteroatoms. The van der Waals surface area contributed by atoms with Crippen LogP contribution in [0, 0.1) is 18.8 Å². The van der Waals surface area contributed by atoms with Crippen molar-refractivity contribution >= 4 is 17.2 Å². The van der Waals surface area contributed by atoms with E-state index in [-0.39, 0.29) is 5.91 Å². The number of fused-ring (bicyclic) bond motifs is 1. The van der Waals surface area contributed by atoms with Crippen LogP contribution in [-0.2, 0) is 6.54 Å². The highest BCUT2D eigenvalue weighted by Crippen LogP contribution is 2.32. The van der Waals surface area contributed by atoms with Gasteiger partial charge < -0.3 is 4.90 Å². The summed E-state index contributed by atoms with van der Waals surface area (Å²) in [4.78, 5) is 21.1. The molecule has 0 aliphatic carbocycles. The van der Waals surface area contributed by atoms with E-state index in [0.29, 0.717) is 17.5 Å². The molecule has 2 fully saturated rings. The quantitative estimate of drug-likeness (QED) is 0.869. The fourth-order valence-electron chi connectivity index (χ4n) is 3.89. The average molecular weight is 327 g/mol. The van der Waals surface area contributed by atoms with Crippen LogP contribution < -0.4 is 0 Å². The van der Waals surface area contributed by atoms with Gasteiger partial charge in [-0.05, 0) is 29.9 Å². The first-order chi connectivity index (χ1) is 11.2. The van der Waals surface area contributed by atoms with Crippen molar-refractivity contribution in [3.63, 3.8) is 0 Å². The molecule has 0 N–H and O–H groups in total. The predicted molar refractivity (Wildman–Crippen MR) is 91.5 cm³/mol. The molecule has 2 saturated heterocycles. The number of carbonyl (C=O) groups excluding carboxylic acids is 1. The van der Waals surface area contributed by atoms with Crippen LogP contribution in [0.4, 0.5) is 0 Å². The van der Waals surface area contributed by atoms with Gasteiger partial charge in [0.25, 0.3) is 5.91 Å². The summed E-state index contributed by atoms with van der Waals surface area (Å²) in [6, 6.07) is 8.62. The van der Waals surface area contributed by atoms with Crippen molar-refractivity contribution in [1.29, 1.82) is 0 Å². The highest BCUT2D eigenvalue weighted by molar-refractivity contribution is 7.07. The van der Waals surface area contributed by atoms with Crippen LogP contribution in [0.1, 0.15) is 21.6 Å². The summed E-state index contributed by atoms with van der Waals surface area (Å²) in [5.74, 6) is 1.33. The molecule has 2 atom stereocenters. The van der Waals surface area contributed by atoms with Crippen LogP contribution in [0.2, 0.25) is 0 Å². The third-order valence-corrected chi connectivity index (χ3v) is 5.74. The maximum atomic E-state index is 12.4. The van der Waals surface area contributed by atoms with E-state index in [2.05, 4.69) is 41.1 Å². The predicted octanol–water partition coefficient (Wildman–Crippen LogP) is 2.66. The lowest BCUT2D eigenvalue weighted by molar-refractivity contribution is 0.0768. The molecular weight excluding hydrogens is 306 g/mol. The Labute approximate surface area is 140 Å². The molecule has 120 valence electrons. The molecule has 2 aliphatic rings. The van der Waals surface area contributed by atoms with E-state index < -0.39 is 0 Å². The minimum Gasteiger partial charge on any atom is -0.337 e. The fraction of sp³-hybridized carbons (Fsp3) is 0.444. The van der Waals surface area contributed by atoms with Crippen molar-refractivity contribution < 1.29 is 4.79 Å². The number of carbonyl (C=O) groups is 1. The second-order valence-corrected chi connectivity index (χ2v) is 7.44. The summed E-state index contributed by atoms with van der Waals surface area (Å²) in [5, 5.41) is 1.85. The molecule has 4 nitrogen and oxygen atoms in total. The first kappa shape index (κ1) is 14.8. The monoisotopic (exact) mass is 327 g/mol. The Kier molecular flexibility index (Phi) is 3.91. The van der Waals surface area contributed by atoms with Crippen molar-refractivity contribution in [1.82, 2.24) is 14.8 Å². The van der Waals surface area contributed by atoms with Crippen LogP contribution in [-0.4, -0.2) is 46.9 Å². The molecule has 3 heterocycles. The van der Waals surface area contributed by atoms with Crippen LogP contribution in [0.5, 0.6) is 0 Å². The standard InChI is InChI=1S/C18H21N3OS/c1-13-4-2-3-5-14(13)6-20-7-15-9-21(10-16(15)8-20)18(22)17-11-23-12-19-17/h2-5,11-12,15-16H,6-10H2,1H3. The lowest BCUT2D eigenvalue weighted by atomic mass is 10.0. The van der Waals surface area contributed by atoms with Gasteiger partial charge in [0.05, 0.1) is 5.51 Å². The summed E-state index contributed by atoms with van der Waals surface area (Å²) in [5.41, 5.74) is 5.12. The molecule has 1 aromatic heterocycles. The number of hydrogen-bond acceptors (Lipinski definition) is 4. The highest BCUT2D eigenvalue weighted by atomic mass is 32.1. The summed E-state index contributed by atoms with van der Waals surface area (Å²) in [6.07, 6.45) is 0. The molecule has 0 radical (unpaired) electrons. The molecule has 2 aromatic rings. The van der Waals surface area contributed by atoms with Crippen LogP contribution in [0.25, 0.3) is 0 Å². The van der Waals surface area contributed by atoms with Gasteiger partial charge in [0.2, 0.25) is 0 Å². The van der Waals surface area contributed by atoms with Crippen LogP contribution >= 0.6 is 11.3 Å². The largest absolute Gasteiger partial charge is 0.337 e. The highest BCUT2D eigenvalue weighted by Gasteiger charge is 2.41. The van der Waals surface area contributed by atoms with E-state index >= 15 is 0 Å². The zero-order valence-corrected chi connectivity index (χ0v) is 14.1. The van der Waals surface area contributed by atoms with Gasteiger partial charge >= 0.3 is 0 Å². The first-order valence-corrected chi connectivity index (χ1v) is 9.09. The Morgan fingerprint density at radius 3 is 2.61 bits per heavy atom. The second kappa shape index (κ2) is 6.06. The number of thiazole rings is 1. The average Bonchev–Trinajstić information content (AvgIpc) is 3.24. The van der Waals surface area contributed by atoms with Crippen LogP contribution in [0.15, 0.2) is 35.2 Å². The van der Waals surface area contributed by atoms with Gasteiger partial charge in [-0.3, -0.25) is 9.69 Å². The number of hydrogen-bond donors (Lipinski definition) is 0. The summed E-state index contributed by atoms with van der Waals surface area (Å²) in [6.45, 7) is 7.16. The van der Waals surface area contributed by atoms with Crippen molar-refractivity contribution in [2.24, 2.45) is 11.8 Å². The molecule has 23 heavy (non-hydrogen) atoms. The SMILES string of the molecule is Cc1ccccc1CN1CC2CN(C(=O)c3cscn3)CC2C1. The van der Waals surface area contributed by atoms with Crippen LogP contribution in [0.3, 0.4) is 0 Å². The molecule has 0 bridgehead atoms. The summed E-state index contributed by atoms with van der Waals surface area (Å²) < 4.78 is 0. The Morgan fingerprint density at radius 2 is 1.96 bits per heavy atom. The molecule has 1 amide bonds. The number of likely N-dealkylation sites (tertiary alicyclic amines) is 2. The topological polar surface area (TPSA) is 36.4 Å². The summed E-state index contributed by atoms with van der Waals surface area (Å²) in [7, 11) is 0. The van der Waals surface area contributed by atoms with Crippen molar-refractivity contribution in [3.05, 3.63) is 52.0 Å². The lowest BCUT2D eigenvalue weighted by Crippen LogP contribution is -2.33. The van der Waals surface area contributed by atoms with E-state index in [1.807, 2.05) is 10.3 Å². The number of aryl methyl sites for hydroxylation is 1. The molecule has 0 spiro atoms. The number of amides is 1. The van der Waals surface area contributed by atoms with Crippen molar-refractivity contribution in [2.75, 3.05) is 26.2 Å². The molecule has 2 unspecified atom stereocenters. The van der Waals surface area contributed by atoms with E-state index in [0.717, 1.165) is 32.7 Å². The molecule has 0 saturated carbocycles. The molecule has 1 aromatic carbocycles. The molecule has 4 rings (SSSR count). The van der Waals surface area contributed by atoms with Gasteiger partial charge in [-0.1, -0.05) is 24.3 Å². The molecular formula is C18H21N3OS. The molecule has 2 aliphatic heterocycles. The normalized spacial score (nSPS) is 24.1. The van der Waals surface area contributed by atoms with Gasteiger partial charge in [-0.15, -0.1) is 11.3 Å². The Balaban J connectivity index is 1.37. The zero-order valence-electron chi connectivity index (χ0n) is 13.3. The number of rotatable bonds is 3. The minimum absolute atomic E-state index is 0.103. The minimum atomic E-state index is 0.103. The van der Waals surface area contributed by atoms with Gasteiger partial charge in [0.15, 0.2) is 0 Å². The van der Waals surface area contributed by atoms with E-state index in [1.165, 1.54) is 22.5 Å². The van der Waals surface area contributed by atoms with E-state index in [4.69, 9.17) is 0 Å². The van der Waals surface area contributed by atoms with E-state index in [1.54, 1.807) is 5.51 Å².